The molecule has 1 N–H and O–H groups in total. The second-order valence-electron chi connectivity index (χ2n) is 4.84. The molecule has 0 aliphatic rings. The van der Waals surface area contributed by atoms with E-state index in [2.05, 4.69) is 27.9 Å². The molecule has 0 unspecified atom stereocenters. The molecule has 0 radical (unpaired) electrons. The number of hydrogen-bond donors (Lipinski definition) is 1. The van der Waals surface area contributed by atoms with Crippen LogP contribution in [-0.2, 0) is 6.42 Å². The molecular weight excluding hydrogens is 266 g/mol. The van der Waals surface area contributed by atoms with Gasteiger partial charge in [-0.2, -0.15) is 0 Å². The van der Waals surface area contributed by atoms with Gasteiger partial charge in [0, 0.05) is 0 Å². The van der Waals surface area contributed by atoms with Gasteiger partial charge in [-0.3, -0.25) is 0 Å². The molecule has 0 saturated heterocycles. The van der Waals surface area contributed by atoms with E-state index in [1.165, 1.54) is 5.47 Å². The summed E-state index contributed by atoms with van der Waals surface area (Å²) in [5, 5.41) is 3.41. The smallest absolute Gasteiger partial charge is 0.0467 e. The first-order valence-electron chi connectivity index (χ1n) is 7.43. The molecular formula is C13H17B5N4. The third-order valence-electron chi connectivity index (χ3n) is 3.19. The number of aromatic nitrogens is 3. The fraction of sp³-hybridized carbons (Fsp3) is 0.231. The fourth-order valence-corrected chi connectivity index (χ4v) is 1.98. The molecule has 4 nitrogen and oxygen atoms in total. The van der Waals surface area contributed by atoms with E-state index in [0.29, 0.717) is 5.95 Å². The average molecular weight is 283 g/mol. The molecule has 22 heavy (non-hydrogen) atoms. The predicted molar refractivity (Wildman–Crippen MR) is 98.7 cm³/mol. The summed E-state index contributed by atoms with van der Waals surface area (Å²) in [6.07, 6.45) is 10.6. The van der Waals surface area contributed by atoms with Crippen LogP contribution in [0, 0.1) is 0 Å². The van der Waals surface area contributed by atoms with Crippen molar-refractivity contribution in [2.45, 2.75) is 13.3 Å². The molecule has 2 rings (SSSR count). The second-order valence-corrected chi connectivity index (χ2v) is 4.84. The quantitative estimate of drug-likeness (QED) is 0.413. The van der Waals surface area contributed by atoms with Gasteiger partial charge in [-0.1, -0.05) is 0 Å². The molecule has 2 aromatic heterocycles. The first-order chi connectivity index (χ1) is 10.8. The molecule has 104 valence electrons. The second kappa shape index (κ2) is 9.41. The molecule has 9 heteroatoms. The molecule has 0 spiro atoms. The van der Waals surface area contributed by atoms with E-state index in [9.17, 15) is 0 Å². The molecule has 2 aromatic rings. The van der Waals surface area contributed by atoms with Crippen molar-refractivity contribution in [1.29, 1.82) is 0 Å². The molecule has 2 heterocycles. The summed E-state index contributed by atoms with van der Waals surface area (Å²) in [5.74, 6) is 0.710. The Morgan fingerprint density at radius 3 is 3.00 bits per heavy atom. The maximum absolute atomic E-state index is 4.57. The SMILES string of the molecule is C=C/C(BNCCc1ccnc(-n2bbbb2)n1)=C\C=C/C. The zero-order valence-electron chi connectivity index (χ0n) is 12.9. The minimum Gasteiger partial charge on any atom is -0.0467 e. The molecule has 0 aromatic carbocycles. The minimum absolute atomic E-state index is 0.710. The van der Waals surface area contributed by atoms with Gasteiger partial charge in [0.25, 0.3) is 0 Å². The molecule has 0 atom stereocenters. The van der Waals surface area contributed by atoms with Gasteiger partial charge in [0.05, 0.1) is 0 Å². The average Bonchev–Trinajstić information content (AvgIpc) is 3.09. The third-order valence-corrected chi connectivity index (χ3v) is 3.19. The molecule has 0 bridgehead atoms. The molecule has 0 fully saturated rings. The Hall–Kier alpha value is -1.62. The number of hydrogen-bond acceptors (Lipinski definition) is 3. The summed E-state index contributed by atoms with van der Waals surface area (Å²) in [6, 6.07) is 1.96. The normalized spacial score (nSPS) is 11.0. The summed E-state index contributed by atoms with van der Waals surface area (Å²) >= 11 is 0. The molecule has 0 saturated carbocycles. The van der Waals surface area contributed by atoms with Crippen LogP contribution >= 0.6 is 0 Å². The Morgan fingerprint density at radius 1 is 1.45 bits per heavy atom. The van der Waals surface area contributed by atoms with Gasteiger partial charge in [-0.05, 0) is 6.92 Å². The van der Waals surface area contributed by atoms with Crippen LogP contribution in [0.25, 0.3) is 5.95 Å². The van der Waals surface area contributed by atoms with E-state index in [4.69, 9.17) is 0 Å². The van der Waals surface area contributed by atoms with Crippen LogP contribution in [0.2, 0.25) is 0 Å². The number of rotatable bonds is 8. The van der Waals surface area contributed by atoms with Gasteiger partial charge in [-0.15, -0.1) is 0 Å². The van der Waals surface area contributed by atoms with Crippen molar-refractivity contribution in [3.8, 4) is 5.95 Å². The Bertz CT molecular complexity index is 654. The number of nitrogens with zero attached hydrogens (tertiary/aromatic N) is 3. The summed E-state index contributed by atoms with van der Waals surface area (Å²) < 4.78 is 1.91. The summed E-state index contributed by atoms with van der Waals surface area (Å²) in [6.45, 7) is 14.5. The van der Waals surface area contributed by atoms with Crippen molar-refractivity contribution in [3.05, 3.63) is 54.3 Å². The van der Waals surface area contributed by atoms with Crippen molar-refractivity contribution >= 4 is 34.7 Å². The van der Waals surface area contributed by atoms with Crippen LogP contribution < -0.4 is 5.23 Å². The third kappa shape index (κ3) is 5.30. The van der Waals surface area contributed by atoms with E-state index >= 15 is 0 Å². The van der Waals surface area contributed by atoms with Crippen molar-refractivity contribution in [3.63, 3.8) is 0 Å². The van der Waals surface area contributed by atoms with E-state index in [0.717, 1.165) is 26.1 Å². The Morgan fingerprint density at radius 2 is 2.27 bits per heavy atom. The van der Waals surface area contributed by atoms with Crippen LogP contribution in [0.15, 0.2) is 48.6 Å². The van der Waals surface area contributed by atoms with Gasteiger partial charge >= 0.3 is 127 Å². The molecule has 0 aliphatic carbocycles. The fourth-order valence-electron chi connectivity index (χ4n) is 1.98. The Kier molecular flexibility index (Phi) is 7.17. The van der Waals surface area contributed by atoms with Crippen LogP contribution in [0.5, 0.6) is 0 Å². The topological polar surface area (TPSA) is 42.7 Å². The summed E-state index contributed by atoms with van der Waals surface area (Å²) in [5.41, 5.74) is 2.21. The van der Waals surface area contributed by atoms with Gasteiger partial charge in [-0.25, -0.2) is 0 Å². The molecule has 0 amide bonds. The van der Waals surface area contributed by atoms with Crippen LogP contribution in [0.3, 0.4) is 0 Å². The Balaban J connectivity index is 1.85. The zero-order chi connectivity index (χ0) is 15.6. The van der Waals surface area contributed by atoms with Gasteiger partial charge in [0.15, 0.2) is 0 Å². The van der Waals surface area contributed by atoms with Gasteiger partial charge in [0.2, 0.25) is 0 Å². The van der Waals surface area contributed by atoms with Crippen molar-refractivity contribution in [2.75, 3.05) is 6.54 Å². The number of nitrogens with one attached hydrogen (secondary N) is 1. The van der Waals surface area contributed by atoms with Gasteiger partial charge in [0.1, 0.15) is 0 Å². The van der Waals surface area contributed by atoms with Crippen LogP contribution in [0.4, 0.5) is 0 Å². The van der Waals surface area contributed by atoms with E-state index < -0.39 is 0 Å². The Labute approximate surface area is 135 Å². The van der Waals surface area contributed by atoms with Crippen molar-refractivity contribution in [1.82, 2.24) is 19.6 Å². The van der Waals surface area contributed by atoms with Crippen LogP contribution in [0.1, 0.15) is 12.6 Å². The number of allylic oxidation sites excluding steroid dienone is 5. The standard InChI is InChI=1S/C13H17B5N4/c1-3-5-6-11(4-2)14-20-10-8-12-7-9-19-13(21-12)22-17-15-16-18-22/h3-7,9,14,20H,2,8,10H2,1H3/b5-3-,11-6+. The van der Waals surface area contributed by atoms with E-state index in [-0.39, 0.29) is 0 Å². The van der Waals surface area contributed by atoms with Gasteiger partial charge < -0.3 is 0 Å². The zero-order valence-corrected chi connectivity index (χ0v) is 12.9. The van der Waals surface area contributed by atoms with E-state index in [1.807, 2.05) is 62.8 Å². The summed E-state index contributed by atoms with van der Waals surface area (Å²) in [7, 11) is 0.809. The first kappa shape index (κ1) is 16.8. The van der Waals surface area contributed by atoms with Crippen molar-refractivity contribution in [2.24, 2.45) is 0 Å². The first-order valence-corrected chi connectivity index (χ1v) is 7.43. The van der Waals surface area contributed by atoms with Crippen LogP contribution in [-0.4, -0.2) is 55.6 Å². The monoisotopic (exact) mass is 284 g/mol. The van der Waals surface area contributed by atoms with Crippen molar-refractivity contribution < 1.29 is 0 Å². The molecule has 0 aliphatic heterocycles. The minimum atomic E-state index is 0.710. The maximum atomic E-state index is 4.57. The summed E-state index contributed by atoms with van der Waals surface area (Å²) in [4.78, 5) is 8.85. The van der Waals surface area contributed by atoms with E-state index in [1.54, 1.807) is 6.20 Å². The predicted octanol–water partition coefficient (Wildman–Crippen LogP) is -0.251.